The number of fused-ring (bicyclic) bond motifs is 1. The topological polar surface area (TPSA) is 53.5 Å². The van der Waals surface area contributed by atoms with Crippen molar-refractivity contribution in [1.82, 2.24) is 5.32 Å². The minimum Gasteiger partial charge on any atom is -0.378 e. The van der Waals surface area contributed by atoms with Crippen LogP contribution >= 0.6 is 11.6 Å². The van der Waals surface area contributed by atoms with E-state index in [2.05, 4.69) is 15.6 Å². The molecular formula is C19H19ClFN3O. The Morgan fingerprint density at radius 2 is 2.12 bits per heavy atom. The number of hydrogen-bond donors (Lipinski definition) is 2. The van der Waals surface area contributed by atoms with E-state index in [-0.39, 0.29) is 17.8 Å². The molecule has 1 atom stereocenters. The van der Waals surface area contributed by atoms with Gasteiger partial charge in [-0.15, -0.1) is 0 Å². The van der Waals surface area contributed by atoms with Crippen LogP contribution in [0.2, 0.25) is 5.02 Å². The van der Waals surface area contributed by atoms with Crippen LogP contribution in [0.15, 0.2) is 47.5 Å². The monoisotopic (exact) mass is 359 g/mol. The summed E-state index contributed by atoms with van der Waals surface area (Å²) in [4.78, 5) is 16.1. The van der Waals surface area contributed by atoms with Gasteiger partial charge in [0.15, 0.2) is 0 Å². The number of rotatable bonds is 4. The number of benzodiazepines with no additional fused rings is 1. The number of hydrogen-bond acceptors (Lipinski definition) is 3. The van der Waals surface area contributed by atoms with E-state index in [1.807, 2.05) is 13.0 Å². The molecule has 0 radical (unpaired) electrons. The first-order valence-electron chi connectivity index (χ1n) is 8.21. The predicted octanol–water partition coefficient (Wildman–Crippen LogP) is 3.64. The zero-order valence-electron chi connectivity index (χ0n) is 13.9. The molecule has 2 aromatic carbocycles. The first-order valence-corrected chi connectivity index (χ1v) is 8.58. The van der Waals surface area contributed by atoms with Crippen LogP contribution in [-0.2, 0) is 4.79 Å². The third kappa shape index (κ3) is 3.99. The van der Waals surface area contributed by atoms with Gasteiger partial charge in [0.05, 0.1) is 18.3 Å². The van der Waals surface area contributed by atoms with E-state index in [0.29, 0.717) is 35.8 Å². The number of aliphatic imine (C=N–C) groups is 1. The van der Waals surface area contributed by atoms with Crippen LogP contribution in [0.1, 0.15) is 24.5 Å². The summed E-state index contributed by atoms with van der Waals surface area (Å²) in [5.41, 5.74) is 2.57. The number of nitrogens with one attached hydrogen (secondary N) is 2. The number of carbonyl (C=O) groups excluding carboxylic acids is 1. The predicted molar refractivity (Wildman–Crippen MR) is 99.1 cm³/mol. The summed E-state index contributed by atoms with van der Waals surface area (Å²) in [6, 6.07) is 11.9. The van der Waals surface area contributed by atoms with E-state index in [1.54, 1.807) is 30.3 Å². The molecule has 6 heteroatoms. The summed E-state index contributed by atoms with van der Waals surface area (Å²) in [5.74, 6) is -0.342. The summed E-state index contributed by atoms with van der Waals surface area (Å²) in [6.45, 7) is 2.67. The molecule has 25 heavy (non-hydrogen) atoms. The Bertz CT molecular complexity index is 822. The van der Waals surface area contributed by atoms with Crippen molar-refractivity contribution in [2.45, 2.75) is 19.4 Å². The Hall–Kier alpha value is -2.40. The minimum atomic E-state index is -0.329. The zero-order chi connectivity index (χ0) is 17.8. The highest BCUT2D eigenvalue weighted by Gasteiger charge is 2.22. The molecule has 0 aliphatic carbocycles. The van der Waals surface area contributed by atoms with Crippen LogP contribution < -0.4 is 10.6 Å². The molecule has 4 nitrogen and oxygen atoms in total. The molecule has 0 bridgehead atoms. The van der Waals surface area contributed by atoms with Gasteiger partial charge in [0.25, 0.3) is 0 Å². The third-order valence-electron chi connectivity index (χ3n) is 4.06. The van der Waals surface area contributed by atoms with Gasteiger partial charge < -0.3 is 10.6 Å². The first kappa shape index (κ1) is 17.4. The first-order chi connectivity index (χ1) is 12.1. The third-order valence-corrected chi connectivity index (χ3v) is 4.30. The Morgan fingerprint density at radius 3 is 2.88 bits per heavy atom. The highest BCUT2D eigenvalue weighted by atomic mass is 35.5. The van der Waals surface area contributed by atoms with Crippen LogP contribution in [0.5, 0.6) is 0 Å². The lowest BCUT2D eigenvalue weighted by Gasteiger charge is -2.18. The lowest BCUT2D eigenvalue weighted by molar-refractivity contribution is -0.120. The fraction of sp³-hybridized carbons (Fsp3) is 0.263. The Kier molecular flexibility index (Phi) is 5.34. The van der Waals surface area contributed by atoms with Gasteiger partial charge in [-0.2, -0.15) is 0 Å². The van der Waals surface area contributed by atoms with Crippen molar-refractivity contribution in [2.24, 2.45) is 4.99 Å². The number of benzene rings is 2. The summed E-state index contributed by atoms with van der Waals surface area (Å²) >= 11 is 6.15. The van der Waals surface area contributed by atoms with E-state index in [1.165, 1.54) is 6.07 Å². The maximum Gasteiger partial charge on any atom is 0.219 e. The van der Waals surface area contributed by atoms with Crippen LogP contribution in [-0.4, -0.2) is 30.8 Å². The number of halogens is 2. The Labute approximate surface area is 151 Å². The summed E-state index contributed by atoms with van der Waals surface area (Å²) < 4.78 is 14.3. The van der Waals surface area contributed by atoms with Crippen LogP contribution in [0.4, 0.5) is 10.1 Å². The van der Waals surface area contributed by atoms with E-state index in [0.717, 1.165) is 11.3 Å². The van der Waals surface area contributed by atoms with E-state index >= 15 is 0 Å². The Morgan fingerprint density at radius 1 is 1.32 bits per heavy atom. The summed E-state index contributed by atoms with van der Waals surface area (Å²) in [6.07, 6.45) is 0.433. The van der Waals surface area contributed by atoms with Crippen LogP contribution in [0, 0.1) is 5.82 Å². The van der Waals surface area contributed by atoms with Gasteiger partial charge in [-0.05, 0) is 30.3 Å². The molecule has 1 aliphatic rings. The van der Waals surface area contributed by atoms with Crippen molar-refractivity contribution >= 4 is 28.9 Å². The zero-order valence-corrected chi connectivity index (χ0v) is 14.6. The quantitative estimate of drug-likeness (QED) is 0.875. The van der Waals surface area contributed by atoms with Crippen molar-refractivity contribution in [3.63, 3.8) is 0 Å². The lowest BCUT2D eigenvalue weighted by Crippen LogP contribution is -2.37. The summed E-state index contributed by atoms with van der Waals surface area (Å²) in [5, 5.41) is 6.80. The van der Waals surface area contributed by atoms with E-state index in [9.17, 15) is 9.18 Å². The number of nitrogens with zero attached hydrogens (tertiary/aromatic N) is 1. The van der Waals surface area contributed by atoms with Crippen molar-refractivity contribution < 1.29 is 9.18 Å². The molecule has 2 aromatic rings. The second-order valence-electron chi connectivity index (χ2n) is 5.86. The second kappa shape index (κ2) is 7.66. The number of anilines is 1. The van der Waals surface area contributed by atoms with Crippen LogP contribution in [0.3, 0.4) is 0 Å². The molecule has 0 saturated heterocycles. The largest absolute Gasteiger partial charge is 0.378 e. The van der Waals surface area contributed by atoms with Crippen molar-refractivity contribution in [1.29, 1.82) is 0 Å². The van der Waals surface area contributed by atoms with Gasteiger partial charge in [-0.1, -0.05) is 30.7 Å². The molecule has 1 amide bonds. The molecule has 130 valence electrons. The molecule has 0 fully saturated rings. The van der Waals surface area contributed by atoms with Gasteiger partial charge in [0.1, 0.15) is 5.82 Å². The molecule has 1 aliphatic heterocycles. The molecule has 0 saturated carbocycles. The maximum atomic E-state index is 14.3. The van der Waals surface area contributed by atoms with Crippen LogP contribution in [0.25, 0.3) is 0 Å². The maximum absolute atomic E-state index is 14.3. The molecule has 2 N–H and O–H groups in total. The highest BCUT2D eigenvalue weighted by molar-refractivity contribution is 6.31. The average molecular weight is 360 g/mol. The number of amides is 1. The SMILES string of the molecule is CCC(=O)NCC1CN=C(c2ccccc2F)c2cc(Cl)ccc2N1. The molecule has 1 unspecified atom stereocenters. The Balaban J connectivity index is 1.98. The highest BCUT2D eigenvalue weighted by Crippen LogP contribution is 2.27. The van der Waals surface area contributed by atoms with Gasteiger partial charge in [0, 0.05) is 34.8 Å². The lowest BCUT2D eigenvalue weighted by atomic mass is 10.00. The molecule has 0 spiro atoms. The normalized spacial score (nSPS) is 16.3. The van der Waals surface area contributed by atoms with Gasteiger partial charge >= 0.3 is 0 Å². The molecule has 3 rings (SSSR count). The summed E-state index contributed by atoms with van der Waals surface area (Å²) in [7, 11) is 0. The van der Waals surface area contributed by atoms with Gasteiger partial charge in [0.2, 0.25) is 5.91 Å². The van der Waals surface area contributed by atoms with Gasteiger partial charge in [-0.3, -0.25) is 9.79 Å². The van der Waals surface area contributed by atoms with Crippen molar-refractivity contribution in [3.8, 4) is 0 Å². The van der Waals surface area contributed by atoms with Crippen molar-refractivity contribution in [3.05, 3.63) is 64.4 Å². The molecule has 0 aromatic heterocycles. The smallest absolute Gasteiger partial charge is 0.219 e. The fourth-order valence-corrected chi connectivity index (χ4v) is 2.92. The molecular weight excluding hydrogens is 341 g/mol. The second-order valence-corrected chi connectivity index (χ2v) is 6.29. The van der Waals surface area contributed by atoms with Gasteiger partial charge in [-0.25, -0.2) is 4.39 Å². The standard InChI is InChI=1S/C19H19ClFN3O/c1-2-18(25)22-10-13-11-23-19(14-5-3-4-6-16(14)21)15-9-12(20)7-8-17(15)24-13/h3-9,13,24H,2,10-11H2,1H3,(H,22,25). The molecule has 1 heterocycles. The fourth-order valence-electron chi connectivity index (χ4n) is 2.75. The van der Waals surface area contributed by atoms with E-state index < -0.39 is 0 Å². The number of carbonyl (C=O) groups is 1. The van der Waals surface area contributed by atoms with Crippen molar-refractivity contribution in [2.75, 3.05) is 18.4 Å². The minimum absolute atomic E-state index is 0.0133. The average Bonchev–Trinajstić information content (AvgIpc) is 2.79. The van der Waals surface area contributed by atoms with E-state index in [4.69, 9.17) is 11.6 Å².